The Bertz CT molecular complexity index is 382. The van der Waals surface area contributed by atoms with Gasteiger partial charge in [-0.3, -0.25) is 4.79 Å². The minimum absolute atomic E-state index is 0.0508. The maximum atomic E-state index is 11.4. The fraction of sp³-hybridized carbons (Fsp3) is 0.462. The van der Waals surface area contributed by atoms with Gasteiger partial charge in [0.25, 0.3) is 0 Å². The molecular weight excluding hydrogens is 186 g/mol. The van der Waals surface area contributed by atoms with Gasteiger partial charge in [0.1, 0.15) is 0 Å². The van der Waals surface area contributed by atoms with Gasteiger partial charge in [0.2, 0.25) is 5.91 Å². The molecule has 0 saturated carbocycles. The van der Waals surface area contributed by atoms with E-state index in [0.29, 0.717) is 6.42 Å². The van der Waals surface area contributed by atoms with E-state index < -0.39 is 0 Å². The smallest absolute Gasteiger partial charge is 0.221 e. The van der Waals surface area contributed by atoms with Crippen LogP contribution in [0.5, 0.6) is 0 Å². The lowest BCUT2D eigenvalue weighted by Gasteiger charge is -2.28. The van der Waals surface area contributed by atoms with Crippen LogP contribution < -0.4 is 5.32 Å². The summed E-state index contributed by atoms with van der Waals surface area (Å²) >= 11 is 0. The Morgan fingerprint density at radius 1 is 1.33 bits per heavy atom. The third-order valence-corrected chi connectivity index (χ3v) is 3.57. The highest BCUT2D eigenvalue weighted by atomic mass is 16.2. The Morgan fingerprint density at radius 2 is 1.93 bits per heavy atom. The van der Waals surface area contributed by atoms with Crippen LogP contribution in [0.25, 0.3) is 0 Å². The summed E-state index contributed by atoms with van der Waals surface area (Å²) in [6.07, 6.45) is 0.594. The van der Waals surface area contributed by atoms with Crippen molar-refractivity contribution >= 4 is 5.91 Å². The fourth-order valence-corrected chi connectivity index (χ4v) is 2.22. The highest BCUT2D eigenvalue weighted by Crippen LogP contribution is 2.35. The fourth-order valence-electron chi connectivity index (χ4n) is 2.22. The van der Waals surface area contributed by atoms with Crippen LogP contribution in [-0.4, -0.2) is 11.9 Å². The SMILES string of the molecule is Cc1ccc(C2(C)CC(=O)NC2C)cc1. The Balaban J connectivity index is 2.37. The first kappa shape index (κ1) is 10.2. The molecule has 1 saturated heterocycles. The lowest BCUT2D eigenvalue weighted by Crippen LogP contribution is -2.35. The zero-order valence-corrected chi connectivity index (χ0v) is 9.50. The van der Waals surface area contributed by atoms with Crippen molar-refractivity contribution in [3.05, 3.63) is 35.4 Å². The average molecular weight is 203 g/mol. The van der Waals surface area contributed by atoms with Crippen molar-refractivity contribution in [3.8, 4) is 0 Å². The summed E-state index contributed by atoms with van der Waals surface area (Å²) in [5.74, 6) is 0.158. The van der Waals surface area contributed by atoms with Crippen molar-refractivity contribution in [2.75, 3.05) is 0 Å². The molecule has 0 spiro atoms. The summed E-state index contributed by atoms with van der Waals surface area (Å²) < 4.78 is 0. The number of carbonyl (C=O) groups excluding carboxylic acids is 1. The zero-order chi connectivity index (χ0) is 11.1. The van der Waals surface area contributed by atoms with Crippen LogP contribution in [0.4, 0.5) is 0 Å². The molecule has 0 aromatic heterocycles. The number of benzene rings is 1. The molecule has 0 aliphatic carbocycles. The Hall–Kier alpha value is -1.31. The number of amides is 1. The van der Waals surface area contributed by atoms with E-state index in [4.69, 9.17) is 0 Å². The lowest BCUT2D eigenvalue weighted by molar-refractivity contribution is -0.119. The molecule has 2 nitrogen and oxygen atoms in total. The third-order valence-electron chi connectivity index (χ3n) is 3.57. The lowest BCUT2D eigenvalue weighted by atomic mass is 9.76. The minimum Gasteiger partial charge on any atom is -0.353 e. The number of hydrogen-bond acceptors (Lipinski definition) is 1. The molecule has 2 rings (SSSR count). The summed E-state index contributed by atoms with van der Waals surface area (Å²) in [6.45, 7) is 6.30. The second kappa shape index (κ2) is 3.37. The molecule has 0 bridgehead atoms. The second-order valence-corrected chi connectivity index (χ2v) is 4.75. The predicted molar refractivity (Wildman–Crippen MR) is 60.8 cm³/mol. The van der Waals surface area contributed by atoms with Gasteiger partial charge in [-0.25, -0.2) is 0 Å². The maximum absolute atomic E-state index is 11.4. The van der Waals surface area contributed by atoms with Crippen LogP contribution in [0, 0.1) is 6.92 Å². The maximum Gasteiger partial charge on any atom is 0.221 e. The molecule has 2 heteroatoms. The van der Waals surface area contributed by atoms with Gasteiger partial charge < -0.3 is 5.32 Å². The molecule has 15 heavy (non-hydrogen) atoms. The molecule has 1 aromatic rings. The first-order valence-electron chi connectivity index (χ1n) is 5.39. The van der Waals surface area contributed by atoms with E-state index in [1.165, 1.54) is 11.1 Å². The van der Waals surface area contributed by atoms with E-state index >= 15 is 0 Å². The standard InChI is InChI=1S/C13H17NO/c1-9-4-6-11(7-5-9)13(3)8-12(15)14-10(13)2/h4-7,10H,8H2,1-3H3,(H,14,15). The largest absolute Gasteiger partial charge is 0.353 e. The highest BCUT2D eigenvalue weighted by Gasteiger charge is 2.41. The van der Waals surface area contributed by atoms with Gasteiger partial charge in [0.15, 0.2) is 0 Å². The van der Waals surface area contributed by atoms with Gasteiger partial charge in [-0.1, -0.05) is 36.8 Å². The Labute approximate surface area is 90.7 Å². The van der Waals surface area contributed by atoms with E-state index in [9.17, 15) is 4.79 Å². The topological polar surface area (TPSA) is 29.1 Å². The van der Waals surface area contributed by atoms with Crippen molar-refractivity contribution in [2.24, 2.45) is 0 Å². The van der Waals surface area contributed by atoms with Crippen molar-refractivity contribution in [1.29, 1.82) is 0 Å². The Kier molecular flexibility index (Phi) is 2.29. The van der Waals surface area contributed by atoms with Crippen molar-refractivity contribution in [2.45, 2.75) is 38.6 Å². The summed E-state index contributed by atoms with van der Waals surface area (Å²) in [4.78, 5) is 11.4. The highest BCUT2D eigenvalue weighted by molar-refractivity contribution is 5.81. The van der Waals surface area contributed by atoms with Crippen LogP contribution in [0.15, 0.2) is 24.3 Å². The number of hydrogen-bond donors (Lipinski definition) is 1. The van der Waals surface area contributed by atoms with Crippen LogP contribution in [-0.2, 0) is 10.2 Å². The normalized spacial score (nSPS) is 30.3. The van der Waals surface area contributed by atoms with Gasteiger partial charge >= 0.3 is 0 Å². The monoisotopic (exact) mass is 203 g/mol. The van der Waals surface area contributed by atoms with Gasteiger partial charge in [-0.2, -0.15) is 0 Å². The third kappa shape index (κ3) is 1.65. The number of nitrogens with one attached hydrogen (secondary N) is 1. The van der Waals surface area contributed by atoms with Gasteiger partial charge in [0, 0.05) is 17.9 Å². The van der Waals surface area contributed by atoms with Crippen molar-refractivity contribution in [1.82, 2.24) is 5.32 Å². The predicted octanol–water partition coefficient (Wildman–Crippen LogP) is 2.16. The summed E-state index contributed by atoms with van der Waals surface area (Å²) in [7, 11) is 0. The molecule has 1 heterocycles. The van der Waals surface area contributed by atoms with Gasteiger partial charge in [0.05, 0.1) is 0 Å². The summed E-state index contributed by atoms with van der Waals surface area (Å²) in [6, 6.07) is 8.69. The second-order valence-electron chi connectivity index (χ2n) is 4.75. The van der Waals surface area contributed by atoms with Crippen molar-refractivity contribution in [3.63, 3.8) is 0 Å². The summed E-state index contributed by atoms with van der Waals surface area (Å²) in [5.41, 5.74) is 2.45. The van der Waals surface area contributed by atoms with E-state index in [1.807, 2.05) is 0 Å². The number of aryl methyl sites for hydroxylation is 1. The molecular formula is C13H17NO. The first-order chi connectivity index (χ1) is 7.02. The minimum atomic E-state index is -0.0508. The van der Waals surface area contributed by atoms with Crippen LogP contribution in [0.2, 0.25) is 0 Å². The van der Waals surface area contributed by atoms with E-state index in [-0.39, 0.29) is 17.4 Å². The van der Waals surface area contributed by atoms with Crippen LogP contribution in [0.1, 0.15) is 31.4 Å². The van der Waals surface area contributed by atoms with Gasteiger partial charge in [-0.15, -0.1) is 0 Å². The van der Waals surface area contributed by atoms with Crippen LogP contribution in [0.3, 0.4) is 0 Å². The van der Waals surface area contributed by atoms with Crippen molar-refractivity contribution < 1.29 is 4.79 Å². The molecule has 2 atom stereocenters. The molecule has 2 unspecified atom stereocenters. The average Bonchev–Trinajstić information content (AvgIpc) is 2.42. The molecule has 80 valence electrons. The first-order valence-corrected chi connectivity index (χ1v) is 5.39. The molecule has 1 amide bonds. The quantitative estimate of drug-likeness (QED) is 0.744. The Morgan fingerprint density at radius 3 is 2.40 bits per heavy atom. The number of rotatable bonds is 1. The number of carbonyl (C=O) groups is 1. The van der Waals surface area contributed by atoms with Crippen LogP contribution >= 0.6 is 0 Å². The molecule has 0 radical (unpaired) electrons. The molecule has 1 aliphatic heterocycles. The molecule has 1 fully saturated rings. The van der Waals surface area contributed by atoms with E-state index in [2.05, 4.69) is 50.4 Å². The van der Waals surface area contributed by atoms with Gasteiger partial charge in [-0.05, 0) is 19.4 Å². The molecule has 1 aliphatic rings. The molecule has 1 N–H and O–H groups in total. The summed E-state index contributed by atoms with van der Waals surface area (Å²) in [5, 5.41) is 2.98. The zero-order valence-electron chi connectivity index (χ0n) is 9.50. The van der Waals surface area contributed by atoms with E-state index in [0.717, 1.165) is 0 Å². The van der Waals surface area contributed by atoms with E-state index in [1.54, 1.807) is 0 Å². The molecule has 1 aromatic carbocycles.